The highest BCUT2D eigenvalue weighted by atomic mass is 16.5. The molecule has 2 amide bonds. The number of aromatic nitrogens is 3. The predicted molar refractivity (Wildman–Crippen MR) is 104 cm³/mol. The van der Waals surface area contributed by atoms with Crippen molar-refractivity contribution in [2.45, 2.75) is 45.4 Å². The average Bonchev–Trinajstić information content (AvgIpc) is 3.16. The van der Waals surface area contributed by atoms with E-state index in [0.29, 0.717) is 30.4 Å². The van der Waals surface area contributed by atoms with E-state index in [9.17, 15) is 9.59 Å². The predicted octanol–water partition coefficient (Wildman–Crippen LogP) is 1.86. The zero-order valence-electron chi connectivity index (χ0n) is 16.2. The summed E-state index contributed by atoms with van der Waals surface area (Å²) >= 11 is 0. The molecule has 150 valence electrons. The molecule has 9 heteroatoms. The maximum Gasteiger partial charge on any atom is 0.227 e. The topological polar surface area (TPSA) is 127 Å². The number of nitrogens with one attached hydrogen (secondary N) is 1. The van der Waals surface area contributed by atoms with Crippen LogP contribution in [0.15, 0.2) is 22.9 Å². The molecule has 1 atom stereocenters. The molecule has 0 saturated carbocycles. The number of anilines is 2. The summed E-state index contributed by atoms with van der Waals surface area (Å²) < 4.78 is 5.14. The lowest BCUT2D eigenvalue weighted by Crippen LogP contribution is -2.41. The molecule has 0 aliphatic carbocycles. The number of primary amides is 1. The molecule has 1 fully saturated rings. The second-order valence-corrected chi connectivity index (χ2v) is 7.34. The number of piperidine rings is 1. The van der Waals surface area contributed by atoms with Crippen LogP contribution in [0.3, 0.4) is 0 Å². The van der Waals surface area contributed by atoms with E-state index in [-0.39, 0.29) is 30.1 Å². The van der Waals surface area contributed by atoms with Crippen molar-refractivity contribution in [3.05, 3.63) is 30.0 Å². The Hall–Kier alpha value is -2.97. The van der Waals surface area contributed by atoms with E-state index >= 15 is 0 Å². The Morgan fingerprint density at radius 3 is 2.86 bits per heavy atom. The van der Waals surface area contributed by atoms with Crippen molar-refractivity contribution in [2.75, 3.05) is 23.3 Å². The van der Waals surface area contributed by atoms with Gasteiger partial charge in [-0.05, 0) is 25.0 Å². The van der Waals surface area contributed by atoms with Crippen molar-refractivity contribution in [3.63, 3.8) is 0 Å². The fourth-order valence-corrected chi connectivity index (χ4v) is 3.11. The van der Waals surface area contributed by atoms with Crippen molar-refractivity contribution in [3.8, 4) is 0 Å². The molecule has 2 aromatic heterocycles. The van der Waals surface area contributed by atoms with E-state index in [0.717, 1.165) is 25.2 Å². The van der Waals surface area contributed by atoms with E-state index in [2.05, 4.69) is 20.4 Å². The molecule has 9 nitrogen and oxygen atoms in total. The number of carbonyl (C=O) groups is 2. The van der Waals surface area contributed by atoms with Gasteiger partial charge in [-0.2, -0.15) is 4.98 Å². The van der Waals surface area contributed by atoms with Gasteiger partial charge in [0, 0.05) is 31.8 Å². The second-order valence-electron chi connectivity index (χ2n) is 7.34. The standard InChI is InChI=1S/C19H26N6O3/c1-12(2)19-23-17(28-24-19)8-7-16(26)22-14-5-6-15(21-10-14)25-9-3-4-13(11-25)18(20)27/h5-6,10,12-13H,3-4,7-9,11H2,1-2H3,(H2,20,27)(H,22,26). The van der Waals surface area contributed by atoms with Gasteiger partial charge in [-0.1, -0.05) is 19.0 Å². The molecular formula is C19H26N6O3. The van der Waals surface area contributed by atoms with Gasteiger partial charge in [-0.15, -0.1) is 0 Å². The Morgan fingerprint density at radius 2 is 2.21 bits per heavy atom. The van der Waals surface area contributed by atoms with Gasteiger partial charge in [0.1, 0.15) is 5.82 Å². The molecule has 2 aromatic rings. The summed E-state index contributed by atoms with van der Waals surface area (Å²) in [6, 6.07) is 3.64. The SMILES string of the molecule is CC(C)c1noc(CCC(=O)Nc2ccc(N3CCCC(C(N)=O)C3)nc2)n1. The van der Waals surface area contributed by atoms with Crippen molar-refractivity contribution in [1.82, 2.24) is 15.1 Å². The first kappa shape index (κ1) is 19.8. The minimum atomic E-state index is -0.268. The molecule has 3 heterocycles. The van der Waals surface area contributed by atoms with Crippen molar-refractivity contribution >= 4 is 23.3 Å². The Balaban J connectivity index is 1.50. The molecule has 3 rings (SSSR count). The highest BCUT2D eigenvalue weighted by Gasteiger charge is 2.24. The molecule has 1 aliphatic rings. The van der Waals surface area contributed by atoms with Crippen molar-refractivity contribution < 1.29 is 14.1 Å². The lowest BCUT2D eigenvalue weighted by Gasteiger charge is -2.32. The third-order valence-electron chi connectivity index (χ3n) is 4.75. The number of nitrogens with zero attached hydrogens (tertiary/aromatic N) is 4. The largest absolute Gasteiger partial charge is 0.369 e. The molecule has 1 saturated heterocycles. The van der Waals surface area contributed by atoms with Gasteiger partial charge in [0.2, 0.25) is 17.7 Å². The van der Waals surface area contributed by atoms with Crippen LogP contribution in [-0.4, -0.2) is 40.0 Å². The fraction of sp³-hybridized carbons (Fsp3) is 0.526. The average molecular weight is 386 g/mol. The zero-order chi connectivity index (χ0) is 20.1. The third-order valence-corrected chi connectivity index (χ3v) is 4.75. The van der Waals surface area contributed by atoms with Crippen LogP contribution in [0.4, 0.5) is 11.5 Å². The molecular weight excluding hydrogens is 360 g/mol. The summed E-state index contributed by atoms with van der Waals surface area (Å²) in [7, 11) is 0. The van der Waals surface area contributed by atoms with Gasteiger partial charge in [-0.25, -0.2) is 4.98 Å². The lowest BCUT2D eigenvalue weighted by atomic mass is 9.97. The summed E-state index contributed by atoms with van der Waals surface area (Å²) in [5.41, 5.74) is 6.04. The Bertz CT molecular complexity index is 817. The zero-order valence-corrected chi connectivity index (χ0v) is 16.2. The van der Waals surface area contributed by atoms with Crippen LogP contribution in [0.5, 0.6) is 0 Å². The van der Waals surface area contributed by atoms with E-state index in [1.54, 1.807) is 12.3 Å². The Kier molecular flexibility index (Phi) is 6.23. The summed E-state index contributed by atoms with van der Waals surface area (Å²) in [6.07, 6.45) is 3.97. The molecule has 3 N–H and O–H groups in total. The number of aryl methyl sites for hydroxylation is 1. The number of nitrogens with two attached hydrogens (primary N) is 1. The summed E-state index contributed by atoms with van der Waals surface area (Å²) in [5.74, 6) is 1.51. The molecule has 0 bridgehead atoms. The lowest BCUT2D eigenvalue weighted by molar-refractivity contribution is -0.122. The molecule has 1 unspecified atom stereocenters. The second kappa shape index (κ2) is 8.81. The normalized spacial score (nSPS) is 17.0. The van der Waals surface area contributed by atoms with E-state index in [1.165, 1.54) is 0 Å². The molecule has 0 radical (unpaired) electrons. The van der Waals surface area contributed by atoms with Crippen molar-refractivity contribution in [1.29, 1.82) is 0 Å². The van der Waals surface area contributed by atoms with Gasteiger partial charge >= 0.3 is 0 Å². The molecule has 1 aliphatic heterocycles. The van der Waals surface area contributed by atoms with Gasteiger partial charge in [0.15, 0.2) is 5.82 Å². The van der Waals surface area contributed by atoms with Crippen LogP contribution >= 0.6 is 0 Å². The Labute approximate surface area is 163 Å². The van der Waals surface area contributed by atoms with Crippen LogP contribution in [-0.2, 0) is 16.0 Å². The number of carbonyl (C=O) groups excluding carboxylic acids is 2. The van der Waals surface area contributed by atoms with Crippen LogP contribution in [0, 0.1) is 5.92 Å². The van der Waals surface area contributed by atoms with Crippen molar-refractivity contribution in [2.24, 2.45) is 11.7 Å². The minimum absolute atomic E-state index is 0.143. The van der Waals surface area contributed by atoms with E-state index < -0.39 is 0 Å². The first-order valence-corrected chi connectivity index (χ1v) is 9.55. The quantitative estimate of drug-likeness (QED) is 0.743. The number of amides is 2. The third kappa shape index (κ3) is 5.05. The van der Waals surface area contributed by atoms with Gasteiger partial charge in [0.25, 0.3) is 0 Å². The highest BCUT2D eigenvalue weighted by Crippen LogP contribution is 2.22. The maximum atomic E-state index is 12.1. The monoisotopic (exact) mass is 386 g/mol. The first-order valence-electron chi connectivity index (χ1n) is 9.55. The van der Waals surface area contributed by atoms with Crippen LogP contribution in [0.2, 0.25) is 0 Å². The summed E-state index contributed by atoms with van der Waals surface area (Å²) in [4.78, 5) is 34.3. The first-order chi connectivity index (χ1) is 13.4. The summed E-state index contributed by atoms with van der Waals surface area (Å²) in [5, 5.41) is 6.70. The van der Waals surface area contributed by atoms with Gasteiger partial charge in [-0.3, -0.25) is 9.59 Å². The highest BCUT2D eigenvalue weighted by molar-refractivity contribution is 5.90. The Morgan fingerprint density at radius 1 is 1.39 bits per heavy atom. The van der Waals surface area contributed by atoms with Crippen LogP contribution in [0.1, 0.15) is 50.7 Å². The summed E-state index contributed by atoms with van der Waals surface area (Å²) in [6.45, 7) is 5.38. The van der Waals surface area contributed by atoms with Gasteiger partial charge < -0.3 is 20.5 Å². The number of pyridine rings is 1. The van der Waals surface area contributed by atoms with E-state index in [1.807, 2.05) is 24.8 Å². The molecule has 28 heavy (non-hydrogen) atoms. The maximum absolute atomic E-state index is 12.1. The van der Waals surface area contributed by atoms with Crippen LogP contribution in [0.25, 0.3) is 0 Å². The minimum Gasteiger partial charge on any atom is -0.369 e. The van der Waals surface area contributed by atoms with Crippen LogP contribution < -0.4 is 16.0 Å². The number of hydrogen-bond donors (Lipinski definition) is 2. The number of rotatable bonds is 7. The number of hydrogen-bond acceptors (Lipinski definition) is 7. The molecule has 0 aromatic carbocycles. The molecule has 0 spiro atoms. The fourth-order valence-electron chi connectivity index (χ4n) is 3.11. The van der Waals surface area contributed by atoms with Gasteiger partial charge in [0.05, 0.1) is 17.8 Å². The van der Waals surface area contributed by atoms with E-state index in [4.69, 9.17) is 10.3 Å². The smallest absolute Gasteiger partial charge is 0.227 e.